The number of anilines is 1. The minimum absolute atomic E-state index is 0.143. The molecule has 0 aromatic heterocycles. The number of benzene rings is 3. The van der Waals surface area contributed by atoms with Crippen LogP contribution < -0.4 is 4.90 Å². The third kappa shape index (κ3) is 4.24. The van der Waals surface area contributed by atoms with Gasteiger partial charge in [0.15, 0.2) is 0 Å². The Kier molecular flexibility index (Phi) is 5.86. The zero-order valence-electron chi connectivity index (χ0n) is 16.7. The van der Waals surface area contributed by atoms with Crippen molar-refractivity contribution in [3.05, 3.63) is 99.6 Å². The fourth-order valence-electron chi connectivity index (χ4n) is 3.89. The quantitative estimate of drug-likeness (QED) is 0.534. The summed E-state index contributed by atoms with van der Waals surface area (Å²) in [6.45, 7) is 0.565. The van der Waals surface area contributed by atoms with Crippen LogP contribution in [0.2, 0.25) is 5.02 Å². The summed E-state index contributed by atoms with van der Waals surface area (Å²) in [5.41, 5.74) is 5.63. The second-order valence-electron chi connectivity index (χ2n) is 7.40. The maximum Gasteiger partial charge on any atom is 0.338 e. The maximum atomic E-state index is 12.6. The lowest BCUT2D eigenvalue weighted by Crippen LogP contribution is -2.34. The summed E-state index contributed by atoms with van der Waals surface area (Å²) in [7, 11) is 1.37. The van der Waals surface area contributed by atoms with Gasteiger partial charge < -0.3 is 9.64 Å². The number of carbonyl (C=O) groups is 2. The first-order valence-electron chi connectivity index (χ1n) is 9.88. The molecule has 152 valence electrons. The highest BCUT2D eigenvalue weighted by atomic mass is 35.5. The van der Waals surface area contributed by atoms with Crippen LogP contribution in [0.25, 0.3) is 0 Å². The number of halogens is 1. The van der Waals surface area contributed by atoms with Crippen LogP contribution in [0.3, 0.4) is 0 Å². The van der Waals surface area contributed by atoms with Gasteiger partial charge in [0.1, 0.15) is 0 Å². The van der Waals surface area contributed by atoms with E-state index in [1.165, 1.54) is 7.11 Å². The monoisotopic (exact) mass is 419 g/mol. The zero-order chi connectivity index (χ0) is 21.1. The third-order valence-electron chi connectivity index (χ3n) is 5.40. The van der Waals surface area contributed by atoms with E-state index in [-0.39, 0.29) is 5.91 Å². The number of ether oxygens (including phenoxy) is 1. The highest BCUT2D eigenvalue weighted by Gasteiger charge is 2.24. The van der Waals surface area contributed by atoms with Crippen LogP contribution in [0.1, 0.15) is 39.0 Å². The van der Waals surface area contributed by atoms with Crippen LogP contribution in [0.15, 0.2) is 66.7 Å². The number of methoxy groups -OCH3 is 1. The fraction of sp³-hybridized carbons (Fsp3) is 0.200. The average molecular weight is 420 g/mol. The van der Waals surface area contributed by atoms with Crippen LogP contribution in [-0.2, 0) is 28.9 Å². The molecule has 1 heterocycles. The SMILES string of the molecule is COC(=O)c1cc(Cl)ccc1Cc1ccc2c(c1)CCC(=O)N2Cc1ccccc1. The molecular weight excluding hydrogens is 398 g/mol. The Hall–Kier alpha value is -3.11. The second kappa shape index (κ2) is 8.72. The normalized spacial score (nSPS) is 13.1. The molecular formula is C25H22ClNO3. The summed E-state index contributed by atoms with van der Waals surface area (Å²) in [4.78, 5) is 26.6. The van der Waals surface area contributed by atoms with Gasteiger partial charge in [0.2, 0.25) is 5.91 Å². The number of hydrogen-bond acceptors (Lipinski definition) is 3. The van der Waals surface area contributed by atoms with Crippen molar-refractivity contribution < 1.29 is 14.3 Å². The molecule has 4 nitrogen and oxygen atoms in total. The van der Waals surface area contributed by atoms with Crippen LogP contribution in [-0.4, -0.2) is 19.0 Å². The Labute approximate surface area is 181 Å². The van der Waals surface area contributed by atoms with E-state index in [9.17, 15) is 9.59 Å². The topological polar surface area (TPSA) is 46.6 Å². The molecule has 0 fully saturated rings. The third-order valence-corrected chi connectivity index (χ3v) is 5.63. The van der Waals surface area contributed by atoms with Gasteiger partial charge in [-0.05, 0) is 53.3 Å². The van der Waals surface area contributed by atoms with E-state index in [1.807, 2.05) is 53.4 Å². The number of nitrogens with zero attached hydrogens (tertiary/aromatic N) is 1. The second-order valence-corrected chi connectivity index (χ2v) is 7.83. The Bertz CT molecular complexity index is 1090. The number of carbonyl (C=O) groups excluding carboxylic acids is 2. The summed E-state index contributed by atoms with van der Waals surface area (Å²) in [6, 6.07) is 21.5. The fourth-order valence-corrected chi connectivity index (χ4v) is 4.06. The molecule has 0 aliphatic carbocycles. The molecule has 0 saturated carbocycles. The van der Waals surface area contributed by atoms with Gasteiger partial charge in [-0.3, -0.25) is 4.79 Å². The standard InChI is InChI=1S/C25H22ClNO3/c1-30-25(29)22-15-21(26)10-8-19(22)13-18-7-11-23-20(14-18)9-12-24(28)27(23)16-17-5-3-2-4-6-17/h2-8,10-11,14-15H,9,12-13,16H2,1H3. The average Bonchev–Trinajstić information content (AvgIpc) is 2.77. The number of esters is 1. The van der Waals surface area contributed by atoms with Gasteiger partial charge >= 0.3 is 5.97 Å². The Morgan fingerprint density at radius 2 is 1.80 bits per heavy atom. The lowest BCUT2D eigenvalue weighted by atomic mass is 9.94. The van der Waals surface area contributed by atoms with Gasteiger partial charge in [-0.1, -0.05) is 60.1 Å². The van der Waals surface area contributed by atoms with Crippen LogP contribution >= 0.6 is 11.6 Å². The molecule has 4 rings (SSSR count). The lowest BCUT2D eigenvalue weighted by Gasteiger charge is -2.30. The number of amides is 1. The number of rotatable bonds is 5. The minimum Gasteiger partial charge on any atom is -0.465 e. The zero-order valence-corrected chi connectivity index (χ0v) is 17.5. The van der Waals surface area contributed by atoms with E-state index in [2.05, 4.69) is 6.07 Å². The highest BCUT2D eigenvalue weighted by Crippen LogP contribution is 2.31. The molecule has 5 heteroatoms. The molecule has 0 bridgehead atoms. The summed E-state index contributed by atoms with van der Waals surface area (Å²) >= 11 is 6.07. The molecule has 1 amide bonds. The predicted octanol–water partition coefficient (Wildman–Crippen LogP) is 5.20. The largest absolute Gasteiger partial charge is 0.465 e. The van der Waals surface area contributed by atoms with Crippen molar-refractivity contribution >= 4 is 29.2 Å². The van der Waals surface area contributed by atoms with Gasteiger partial charge in [-0.15, -0.1) is 0 Å². The van der Waals surface area contributed by atoms with Crippen molar-refractivity contribution in [1.29, 1.82) is 0 Å². The molecule has 1 aliphatic rings. The van der Waals surface area contributed by atoms with Crippen LogP contribution in [0.5, 0.6) is 0 Å². The van der Waals surface area contributed by atoms with E-state index in [0.717, 1.165) is 34.4 Å². The predicted molar refractivity (Wildman–Crippen MR) is 118 cm³/mol. The van der Waals surface area contributed by atoms with Gasteiger partial charge in [-0.2, -0.15) is 0 Å². The summed E-state index contributed by atoms with van der Waals surface area (Å²) in [5, 5.41) is 0.500. The maximum absolute atomic E-state index is 12.6. The molecule has 0 spiro atoms. The number of fused-ring (bicyclic) bond motifs is 1. The molecule has 0 radical (unpaired) electrons. The Balaban J connectivity index is 1.62. The Morgan fingerprint density at radius 3 is 2.57 bits per heavy atom. The smallest absolute Gasteiger partial charge is 0.338 e. The van der Waals surface area contributed by atoms with E-state index < -0.39 is 5.97 Å². The van der Waals surface area contributed by atoms with Crippen molar-refractivity contribution in [3.63, 3.8) is 0 Å². The number of hydrogen-bond donors (Lipinski definition) is 0. The summed E-state index contributed by atoms with van der Waals surface area (Å²) < 4.78 is 4.90. The molecule has 3 aromatic carbocycles. The van der Waals surface area contributed by atoms with E-state index in [1.54, 1.807) is 12.1 Å². The van der Waals surface area contributed by atoms with Crippen LogP contribution in [0.4, 0.5) is 5.69 Å². The molecule has 0 unspecified atom stereocenters. The first-order valence-corrected chi connectivity index (χ1v) is 10.3. The van der Waals surface area contributed by atoms with Crippen molar-refractivity contribution in [2.24, 2.45) is 0 Å². The molecule has 0 saturated heterocycles. The van der Waals surface area contributed by atoms with Crippen molar-refractivity contribution in [3.8, 4) is 0 Å². The van der Waals surface area contributed by atoms with Crippen LogP contribution in [0, 0.1) is 0 Å². The van der Waals surface area contributed by atoms with Gasteiger partial charge in [0, 0.05) is 17.1 Å². The lowest BCUT2D eigenvalue weighted by molar-refractivity contribution is -0.119. The highest BCUT2D eigenvalue weighted by molar-refractivity contribution is 6.31. The molecule has 0 atom stereocenters. The molecule has 3 aromatic rings. The van der Waals surface area contributed by atoms with Gasteiger partial charge in [-0.25, -0.2) is 4.79 Å². The van der Waals surface area contributed by atoms with Crippen molar-refractivity contribution in [2.75, 3.05) is 12.0 Å². The minimum atomic E-state index is -0.398. The van der Waals surface area contributed by atoms with E-state index in [0.29, 0.717) is 30.0 Å². The number of aryl methyl sites for hydroxylation is 1. The van der Waals surface area contributed by atoms with Gasteiger partial charge in [0.05, 0.1) is 19.2 Å². The van der Waals surface area contributed by atoms with Crippen molar-refractivity contribution in [1.82, 2.24) is 0 Å². The summed E-state index contributed by atoms with van der Waals surface area (Å²) in [5.74, 6) is -0.255. The first-order chi connectivity index (χ1) is 14.5. The molecule has 30 heavy (non-hydrogen) atoms. The molecule has 1 aliphatic heterocycles. The Morgan fingerprint density at radius 1 is 1.00 bits per heavy atom. The first kappa shape index (κ1) is 20.2. The van der Waals surface area contributed by atoms with E-state index >= 15 is 0 Å². The molecule has 0 N–H and O–H groups in total. The summed E-state index contributed by atoms with van der Waals surface area (Å²) in [6.07, 6.45) is 1.80. The van der Waals surface area contributed by atoms with Crippen molar-refractivity contribution in [2.45, 2.75) is 25.8 Å². The van der Waals surface area contributed by atoms with Gasteiger partial charge in [0.25, 0.3) is 0 Å². The van der Waals surface area contributed by atoms with E-state index in [4.69, 9.17) is 16.3 Å².